The van der Waals surface area contributed by atoms with Gasteiger partial charge >= 0.3 is 10.1 Å². The van der Waals surface area contributed by atoms with Crippen LogP contribution in [-0.4, -0.2) is 10.1 Å². The Morgan fingerprint density at radius 1 is 1.12 bits per heavy atom. The molecule has 0 aromatic carbocycles. The van der Waals surface area contributed by atoms with Gasteiger partial charge in [0.25, 0.3) is 0 Å². The molecule has 0 nitrogen and oxygen atoms in total. The normalized spacial score (nSPS) is 22.1. The maximum Gasteiger partial charge on any atom is 2.00 e. The maximum absolute atomic E-state index is 2.36. The van der Waals surface area contributed by atoms with Gasteiger partial charge in [0.05, 0.1) is 0 Å². The van der Waals surface area contributed by atoms with Crippen LogP contribution in [0.25, 0.3) is 0 Å². The molecule has 1 rings (SSSR count). The molecule has 0 amide bonds. The third-order valence-corrected chi connectivity index (χ3v) is 1.89. The molecule has 0 spiro atoms. The molecule has 0 aliphatic heterocycles. The number of hydrogen-bond acceptors (Lipinski definition) is 0. The molecule has 1 aliphatic carbocycles. The summed E-state index contributed by atoms with van der Waals surface area (Å²) in [5, 5.41) is 0. The monoisotopic (exact) mass is 109 g/mol. The Morgan fingerprint density at radius 3 is 1.88 bits per heavy atom. The minimum Gasteiger partial charge on any atom is -1.00 e. The predicted octanol–water partition coefficient (Wildman–Crippen LogP) is 2.43. The number of rotatable bonds is 0. The summed E-state index contributed by atoms with van der Waals surface area (Å²) in [6, 6.07) is 0. The van der Waals surface area contributed by atoms with Crippen molar-refractivity contribution in [3.05, 3.63) is 0 Å². The van der Waals surface area contributed by atoms with E-state index in [1.165, 1.54) is 32.1 Å². The average Bonchev–Trinajstić information content (AvgIpc) is 1.69. The van der Waals surface area contributed by atoms with Crippen molar-refractivity contribution in [1.82, 2.24) is 0 Å². The van der Waals surface area contributed by atoms with Gasteiger partial charge in [-0.25, -0.2) is 0 Å². The fourth-order valence-electron chi connectivity index (χ4n) is 1.31. The Balaban J connectivity index is -0.000000163. The van der Waals surface area contributed by atoms with E-state index in [0.717, 1.165) is 5.92 Å². The molecule has 0 radical (unpaired) electrons. The summed E-state index contributed by atoms with van der Waals surface area (Å²) >= 11 is 0. The second kappa shape index (κ2) is 4.09. The molecule has 1 aliphatic rings. The van der Waals surface area contributed by atoms with Crippen LogP contribution in [-0.2, 0) is 0 Å². The van der Waals surface area contributed by atoms with E-state index in [-0.39, 0.29) is 13.0 Å². The second-order valence-electron chi connectivity index (χ2n) is 2.74. The Labute approximate surface area is 58.9 Å². The molecule has 1 fully saturated rings. The molecular formula is C7H16Be. The summed E-state index contributed by atoms with van der Waals surface area (Å²) in [5.74, 6) is 1.04. The maximum atomic E-state index is 2.36. The third kappa shape index (κ3) is 2.47. The van der Waals surface area contributed by atoms with Gasteiger partial charge in [0.1, 0.15) is 0 Å². The zero-order valence-corrected chi connectivity index (χ0v) is 5.82. The van der Waals surface area contributed by atoms with E-state index in [2.05, 4.69) is 6.92 Å². The Kier molecular flexibility index (Phi) is 4.17. The molecular weight excluding hydrogens is 93.1 g/mol. The van der Waals surface area contributed by atoms with E-state index < -0.39 is 0 Å². The molecule has 0 heterocycles. The summed E-state index contributed by atoms with van der Waals surface area (Å²) in [6.45, 7) is 2.36. The zero-order valence-electron chi connectivity index (χ0n) is 7.82. The van der Waals surface area contributed by atoms with Gasteiger partial charge in [0, 0.05) is 0 Å². The van der Waals surface area contributed by atoms with E-state index >= 15 is 0 Å². The molecule has 1 heteroatoms. The van der Waals surface area contributed by atoms with Crippen LogP contribution in [0.15, 0.2) is 0 Å². The Hall–Kier alpha value is 0.169. The molecule has 0 unspecified atom stereocenters. The summed E-state index contributed by atoms with van der Waals surface area (Å²) in [6.07, 6.45) is 7.44. The topological polar surface area (TPSA) is 0 Å². The summed E-state index contributed by atoms with van der Waals surface area (Å²) in [4.78, 5) is 0. The van der Waals surface area contributed by atoms with Crippen LogP contribution in [0.2, 0.25) is 0 Å². The van der Waals surface area contributed by atoms with Crippen molar-refractivity contribution in [2.45, 2.75) is 39.0 Å². The van der Waals surface area contributed by atoms with Crippen molar-refractivity contribution < 1.29 is 2.85 Å². The molecule has 0 N–H and O–H groups in total. The minimum absolute atomic E-state index is 0. The Bertz CT molecular complexity index is 53.6. The van der Waals surface area contributed by atoms with E-state index in [1.807, 2.05) is 0 Å². The van der Waals surface area contributed by atoms with Crippen LogP contribution in [0.5, 0.6) is 0 Å². The van der Waals surface area contributed by atoms with E-state index in [0.29, 0.717) is 0 Å². The fraction of sp³-hybridized carbons (Fsp3) is 1.00. The van der Waals surface area contributed by atoms with Gasteiger partial charge in [-0.05, 0) is 5.92 Å². The standard InChI is InChI=1S/C7H14.Be.2H/c1-7-5-3-2-4-6-7;;;/h7H,2-6H2,1H3;;;/q;+2;2*-1. The third-order valence-electron chi connectivity index (χ3n) is 1.89. The average molecular weight is 109 g/mol. The second-order valence-corrected chi connectivity index (χ2v) is 2.74. The first-order chi connectivity index (χ1) is 3.39. The molecule has 1 saturated carbocycles. The Morgan fingerprint density at radius 2 is 1.62 bits per heavy atom. The van der Waals surface area contributed by atoms with E-state index in [9.17, 15) is 0 Å². The smallest absolute Gasteiger partial charge is 1.00 e. The van der Waals surface area contributed by atoms with E-state index in [4.69, 9.17) is 0 Å². The molecule has 8 heavy (non-hydrogen) atoms. The van der Waals surface area contributed by atoms with E-state index in [1.54, 1.807) is 0 Å². The minimum atomic E-state index is 0. The molecule has 0 aromatic rings. The summed E-state index contributed by atoms with van der Waals surface area (Å²) in [7, 11) is 0. The van der Waals surface area contributed by atoms with Crippen molar-refractivity contribution >= 4 is 10.1 Å². The van der Waals surface area contributed by atoms with Crippen LogP contribution in [0.3, 0.4) is 0 Å². The first-order valence-corrected chi connectivity index (χ1v) is 3.39. The molecule has 0 bridgehead atoms. The molecule has 46 valence electrons. The summed E-state index contributed by atoms with van der Waals surface area (Å²) < 4.78 is 0. The van der Waals surface area contributed by atoms with Gasteiger partial charge in [-0.2, -0.15) is 0 Å². The molecule has 0 atom stereocenters. The zero-order chi connectivity index (χ0) is 5.11. The molecule has 0 saturated heterocycles. The predicted molar refractivity (Wildman–Crippen MR) is 40.2 cm³/mol. The van der Waals surface area contributed by atoms with Gasteiger partial charge in [-0.15, -0.1) is 0 Å². The van der Waals surface area contributed by atoms with Gasteiger partial charge in [-0.1, -0.05) is 39.0 Å². The van der Waals surface area contributed by atoms with Crippen LogP contribution >= 0.6 is 0 Å². The number of hydrogen-bond donors (Lipinski definition) is 0. The van der Waals surface area contributed by atoms with Crippen molar-refractivity contribution in [3.63, 3.8) is 0 Å². The fourth-order valence-corrected chi connectivity index (χ4v) is 1.31. The van der Waals surface area contributed by atoms with Gasteiger partial charge < -0.3 is 2.85 Å². The van der Waals surface area contributed by atoms with Gasteiger partial charge in [0.15, 0.2) is 0 Å². The van der Waals surface area contributed by atoms with Gasteiger partial charge in [0.2, 0.25) is 0 Å². The van der Waals surface area contributed by atoms with Crippen LogP contribution in [0, 0.1) is 5.92 Å². The van der Waals surface area contributed by atoms with Crippen molar-refractivity contribution in [1.29, 1.82) is 0 Å². The first-order valence-electron chi connectivity index (χ1n) is 3.39. The van der Waals surface area contributed by atoms with Crippen LogP contribution < -0.4 is 0 Å². The van der Waals surface area contributed by atoms with Crippen molar-refractivity contribution in [2.75, 3.05) is 0 Å². The van der Waals surface area contributed by atoms with Crippen molar-refractivity contribution in [2.24, 2.45) is 5.92 Å². The van der Waals surface area contributed by atoms with Crippen LogP contribution in [0.4, 0.5) is 0 Å². The van der Waals surface area contributed by atoms with Crippen molar-refractivity contribution in [3.8, 4) is 0 Å². The van der Waals surface area contributed by atoms with Gasteiger partial charge in [-0.3, -0.25) is 0 Å². The largest absolute Gasteiger partial charge is 2.00 e. The quantitative estimate of drug-likeness (QED) is 0.419. The molecule has 0 aromatic heterocycles. The van der Waals surface area contributed by atoms with Crippen LogP contribution in [0.1, 0.15) is 41.9 Å². The SMILES string of the molecule is CC1CCCCC1.[Be+2].[H-].[H-]. The summed E-state index contributed by atoms with van der Waals surface area (Å²) in [5.41, 5.74) is 0. The first kappa shape index (κ1) is 8.17.